The van der Waals surface area contributed by atoms with E-state index < -0.39 is 0 Å². The maximum Gasteiger partial charge on any atom is 0.166 e. The molecule has 0 spiro atoms. The van der Waals surface area contributed by atoms with Gasteiger partial charge < -0.3 is 8.98 Å². The molecule has 3 aromatic heterocycles. The molecule has 0 aliphatic rings. The molecule has 11 rings (SSSR count). The molecule has 0 saturated heterocycles. The van der Waals surface area contributed by atoms with Gasteiger partial charge in [0.1, 0.15) is 11.2 Å². The van der Waals surface area contributed by atoms with E-state index in [9.17, 15) is 0 Å². The van der Waals surface area contributed by atoms with Crippen LogP contribution < -0.4 is 0 Å². The first kappa shape index (κ1) is 31.9. The summed E-state index contributed by atoms with van der Waals surface area (Å²) in [6.45, 7) is 0. The van der Waals surface area contributed by atoms with E-state index in [-0.39, 0.29) is 0 Å². The Morgan fingerprint density at radius 2 is 0.821 bits per heavy atom. The van der Waals surface area contributed by atoms with Gasteiger partial charge in [0, 0.05) is 38.2 Å². The lowest BCUT2D eigenvalue weighted by Gasteiger charge is -2.15. The number of furan rings is 1. The summed E-state index contributed by atoms with van der Waals surface area (Å²) in [4.78, 5) is 15.4. The van der Waals surface area contributed by atoms with E-state index in [1.54, 1.807) is 0 Å². The maximum absolute atomic E-state index is 6.14. The Hall–Kier alpha value is -7.63. The van der Waals surface area contributed by atoms with Crippen molar-refractivity contribution in [2.75, 3.05) is 0 Å². The molecule has 3 heterocycles. The van der Waals surface area contributed by atoms with E-state index in [4.69, 9.17) is 19.4 Å². The first-order chi connectivity index (χ1) is 27.7. The van der Waals surface area contributed by atoms with E-state index in [0.29, 0.717) is 17.5 Å². The number of para-hydroxylation sites is 3. The van der Waals surface area contributed by atoms with Crippen molar-refractivity contribution in [2.45, 2.75) is 0 Å². The smallest absolute Gasteiger partial charge is 0.166 e. The van der Waals surface area contributed by atoms with Gasteiger partial charge in [-0.25, -0.2) is 15.0 Å². The summed E-state index contributed by atoms with van der Waals surface area (Å²) in [5.74, 6) is 1.86. The number of aromatic nitrogens is 4. The fraction of sp³-hybridized carbons (Fsp3) is 0. The molecule has 8 aromatic carbocycles. The molecule has 0 aliphatic heterocycles. The zero-order chi connectivity index (χ0) is 37.0. The molecule has 0 aliphatic carbocycles. The van der Waals surface area contributed by atoms with E-state index in [2.05, 4.69) is 150 Å². The van der Waals surface area contributed by atoms with Gasteiger partial charge in [0.15, 0.2) is 17.5 Å². The average molecular weight is 717 g/mol. The highest BCUT2D eigenvalue weighted by Gasteiger charge is 2.20. The minimum atomic E-state index is 0.611. The van der Waals surface area contributed by atoms with Crippen LogP contribution in [-0.2, 0) is 0 Å². The van der Waals surface area contributed by atoms with Gasteiger partial charge >= 0.3 is 0 Å². The predicted molar refractivity (Wildman–Crippen MR) is 229 cm³/mol. The second-order valence-corrected chi connectivity index (χ2v) is 14.0. The largest absolute Gasteiger partial charge is 0.456 e. The van der Waals surface area contributed by atoms with Crippen molar-refractivity contribution in [2.24, 2.45) is 0 Å². The molecule has 11 aromatic rings. The van der Waals surface area contributed by atoms with Gasteiger partial charge in [0.05, 0.1) is 16.7 Å². The van der Waals surface area contributed by atoms with Gasteiger partial charge in [-0.2, -0.15) is 0 Å². The van der Waals surface area contributed by atoms with Gasteiger partial charge in [0.25, 0.3) is 0 Å². The standard InChI is InChI=1S/C51H32N4O/c1-3-13-33(14-4-1)34-23-25-36(26-24-34)50-52-49(35-15-5-2-6-16-35)53-51(54-50)41-19-8-11-21-45(41)55-44-20-10-7-17-39(44)42-31-37(27-29-46(42)55)38-28-30-48-43(32-38)40-18-9-12-22-47(40)56-48/h1-32H. The van der Waals surface area contributed by atoms with Crippen LogP contribution in [0.25, 0.3) is 106 Å². The molecule has 0 amide bonds. The quantitative estimate of drug-likeness (QED) is 0.172. The van der Waals surface area contributed by atoms with Crippen LogP contribution in [0.4, 0.5) is 0 Å². The molecule has 0 N–H and O–H groups in total. The summed E-state index contributed by atoms with van der Waals surface area (Å²) < 4.78 is 8.48. The Labute approximate surface area is 322 Å². The molecule has 5 nitrogen and oxygen atoms in total. The van der Waals surface area contributed by atoms with Crippen molar-refractivity contribution in [3.05, 3.63) is 194 Å². The minimum absolute atomic E-state index is 0.611. The zero-order valence-corrected chi connectivity index (χ0v) is 30.2. The van der Waals surface area contributed by atoms with Crippen molar-refractivity contribution in [1.29, 1.82) is 0 Å². The molecule has 262 valence electrons. The Balaban J connectivity index is 1.07. The van der Waals surface area contributed by atoms with Crippen LogP contribution >= 0.6 is 0 Å². The summed E-state index contributed by atoms with van der Waals surface area (Å²) in [6.07, 6.45) is 0. The summed E-state index contributed by atoms with van der Waals surface area (Å²) in [6, 6.07) is 67.5. The minimum Gasteiger partial charge on any atom is -0.456 e. The van der Waals surface area contributed by atoms with Crippen LogP contribution in [0.5, 0.6) is 0 Å². The normalized spacial score (nSPS) is 11.6. The van der Waals surface area contributed by atoms with Gasteiger partial charge in [-0.05, 0) is 70.8 Å². The fourth-order valence-corrected chi connectivity index (χ4v) is 7.96. The summed E-state index contributed by atoms with van der Waals surface area (Å²) in [5.41, 5.74) is 12.4. The van der Waals surface area contributed by atoms with Crippen molar-refractivity contribution < 1.29 is 4.42 Å². The third-order valence-electron chi connectivity index (χ3n) is 10.7. The third kappa shape index (κ3) is 5.37. The molecule has 0 atom stereocenters. The molecule has 0 unspecified atom stereocenters. The van der Waals surface area contributed by atoms with Crippen molar-refractivity contribution in [3.8, 4) is 62.1 Å². The molecule has 0 saturated carbocycles. The van der Waals surface area contributed by atoms with Gasteiger partial charge in [0.2, 0.25) is 0 Å². The summed E-state index contributed by atoms with van der Waals surface area (Å²) >= 11 is 0. The molecule has 0 radical (unpaired) electrons. The molecular formula is C51H32N4O. The SMILES string of the molecule is c1ccc(-c2ccc(-c3nc(-c4ccccc4)nc(-c4ccccc4-n4c5ccccc5c5cc(-c6ccc7oc8ccccc8c7c6)ccc54)n3)cc2)cc1. The molecule has 56 heavy (non-hydrogen) atoms. The van der Waals surface area contributed by atoms with Crippen LogP contribution in [-0.4, -0.2) is 19.5 Å². The van der Waals surface area contributed by atoms with E-state index >= 15 is 0 Å². The lowest BCUT2D eigenvalue weighted by atomic mass is 10.0. The van der Waals surface area contributed by atoms with Gasteiger partial charge in [-0.15, -0.1) is 0 Å². The lowest BCUT2D eigenvalue weighted by molar-refractivity contribution is 0.669. The number of fused-ring (bicyclic) bond motifs is 6. The first-order valence-electron chi connectivity index (χ1n) is 18.8. The van der Waals surface area contributed by atoms with Gasteiger partial charge in [-0.3, -0.25) is 0 Å². The van der Waals surface area contributed by atoms with Crippen molar-refractivity contribution >= 4 is 43.7 Å². The van der Waals surface area contributed by atoms with E-state index in [1.807, 2.05) is 48.5 Å². The second-order valence-electron chi connectivity index (χ2n) is 14.0. The number of nitrogens with zero attached hydrogens (tertiary/aromatic N) is 4. The van der Waals surface area contributed by atoms with Crippen molar-refractivity contribution in [1.82, 2.24) is 19.5 Å². The highest BCUT2D eigenvalue weighted by molar-refractivity contribution is 6.11. The number of benzene rings is 8. The van der Waals surface area contributed by atoms with Crippen LogP contribution in [0.1, 0.15) is 0 Å². The summed E-state index contributed by atoms with van der Waals surface area (Å²) in [5, 5.41) is 4.59. The Bertz CT molecular complexity index is 3240. The number of hydrogen-bond acceptors (Lipinski definition) is 4. The Morgan fingerprint density at radius 1 is 0.321 bits per heavy atom. The third-order valence-corrected chi connectivity index (χ3v) is 10.7. The van der Waals surface area contributed by atoms with Crippen LogP contribution in [0, 0.1) is 0 Å². The fourth-order valence-electron chi connectivity index (χ4n) is 7.96. The Kier molecular flexibility index (Phi) is 7.42. The van der Waals surface area contributed by atoms with Crippen LogP contribution in [0.15, 0.2) is 199 Å². The van der Waals surface area contributed by atoms with Crippen molar-refractivity contribution in [3.63, 3.8) is 0 Å². The van der Waals surface area contributed by atoms with Crippen LogP contribution in [0.3, 0.4) is 0 Å². The maximum atomic E-state index is 6.14. The van der Waals surface area contributed by atoms with Gasteiger partial charge in [-0.1, -0.05) is 146 Å². The molecule has 5 heteroatoms. The molecular weight excluding hydrogens is 685 g/mol. The summed E-state index contributed by atoms with van der Waals surface area (Å²) in [7, 11) is 0. The predicted octanol–water partition coefficient (Wildman–Crippen LogP) is 13.2. The first-order valence-corrected chi connectivity index (χ1v) is 18.8. The molecule has 0 fully saturated rings. The highest BCUT2D eigenvalue weighted by Crippen LogP contribution is 2.39. The number of hydrogen-bond donors (Lipinski definition) is 0. The second kappa shape index (κ2) is 13.0. The number of rotatable bonds is 6. The van der Waals surface area contributed by atoms with E-state index in [0.717, 1.165) is 72.0 Å². The molecule has 0 bridgehead atoms. The highest BCUT2D eigenvalue weighted by atomic mass is 16.3. The monoisotopic (exact) mass is 716 g/mol. The Morgan fingerprint density at radius 3 is 1.61 bits per heavy atom. The van der Waals surface area contributed by atoms with E-state index in [1.165, 1.54) is 16.3 Å². The average Bonchev–Trinajstić information content (AvgIpc) is 3.82. The zero-order valence-electron chi connectivity index (χ0n) is 30.2. The lowest BCUT2D eigenvalue weighted by Crippen LogP contribution is -2.03. The van der Waals surface area contributed by atoms with Crippen LogP contribution in [0.2, 0.25) is 0 Å². The topological polar surface area (TPSA) is 56.7 Å².